The second-order valence-corrected chi connectivity index (χ2v) is 9.22. The number of aromatic amines is 1. The van der Waals surface area contributed by atoms with Crippen molar-refractivity contribution in [1.82, 2.24) is 14.5 Å². The van der Waals surface area contributed by atoms with E-state index in [4.69, 9.17) is 9.84 Å². The smallest absolute Gasteiger partial charge is 0.303 e. The van der Waals surface area contributed by atoms with Crippen LogP contribution in [-0.2, 0) is 18.3 Å². The van der Waals surface area contributed by atoms with Crippen LogP contribution in [0.5, 0.6) is 11.5 Å². The number of aryl methyl sites for hydroxylation is 2. The lowest BCUT2D eigenvalue weighted by molar-refractivity contribution is -0.136. The number of benzene rings is 3. The summed E-state index contributed by atoms with van der Waals surface area (Å²) in [6.45, 7) is 1.74. The first-order valence-electron chi connectivity index (χ1n) is 12.1. The zero-order valence-corrected chi connectivity index (χ0v) is 20.9. The quantitative estimate of drug-likeness (QED) is 0.207. The second kappa shape index (κ2) is 10.3. The van der Waals surface area contributed by atoms with Crippen molar-refractivity contribution >= 4 is 16.9 Å². The molecule has 3 aromatic carbocycles. The molecule has 0 spiro atoms. The van der Waals surface area contributed by atoms with Gasteiger partial charge in [0.15, 0.2) is 17.4 Å². The molecule has 2 heterocycles. The van der Waals surface area contributed by atoms with Crippen molar-refractivity contribution in [2.45, 2.75) is 25.7 Å². The van der Waals surface area contributed by atoms with Gasteiger partial charge in [-0.2, -0.15) is 0 Å². The highest BCUT2D eigenvalue weighted by Gasteiger charge is 2.22. The number of hydrogen-bond acceptors (Lipinski definition) is 3. The van der Waals surface area contributed by atoms with E-state index >= 15 is 4.39 Å². The minimum Gasteiger partial charge on any atom is -0.481 e. The highest BCUT2D eigenvalue weighted by molar-refractivity contribution is 5.82. The van der Waals surface area contributed by atoms with E-state index in [-0.39, 0.29) is 46.4 Å². The first-order valence-corrected chi connectivity index (χ1v) is 12.1. The van der Waals surface area contributed by atoms with E-state index < -0.39 is 40.9 Å². The Morgan fingerprint density at radius 3 is 2.64 bits per heavy atom. The van der Waals surface area contributed by atoms with Gasteiger partial charge in [0, 0.05) is 43.2 Å². The third-order valence-electron chi connectivity index (χ3n) is 6.62. The minimum atomic E-state index is -1.02. The van der Waals surface area contributed by atoms with Crippen molar-refractivity contribution in [1.29, 1.82) is 0 Å². The van der Waals surface area contributed by atoms with Crippen LogP contribution in [0.3, 0.4) is 0 Å². The van der Waals surface area contributed by atoms with E-state index in [0.717, 1.165) is 12.1 Å². The summed E-state index contributed by atoms with van der Waals surface area (Å²) >= 11 is 0. The average Bonchev–Trinajstić information content (AvgIpc) is 3.53. The number of ether oxygens (including phenoxy) is 1. The largest absolute Gasteiger partial charge is 0.481 e. The first kappa shape index (κ1) is 26.0. The van der Waals surface area contributed by atoms with Crippen LogP contribution in [-0.4, -0.2) is 25.6 Å². The molecule has 0 aliphatic carbocycles. The van der Waals surface area contributed by atoms with Crippen molar-refractivity contribution in [2.24, 2.45) is 7.05 Å². The Labute approximate surface area is 220 Å². The van der Waals surface area contributed by atoms with E-state index in [1.165, 1.54) is 24.4 Å². The summed E-state index contributed by atoms with van der Waals surface area (Å²) in [6, 6.07) is 11.0. The first-order chi connectivity index (χ1) is 18.6. The number of carbonyl (C=O) groups is 1. The van der Waals surface area contributed by atoms with Gasteiger partial charge in [-0.15, -0.1) is 0 Å². The summed E-state index contributed by atoms with van der Waals surface area (Å²) in [5.41, 5.74) is 1.35. The molecule has 0 fully saturated rings. The molecule has 1 atom stereocenters. The van der Waals surface area contributed by atoms with Crippen molar-refractivity contribution < 1.29 is 32.2 Å². The van der Waals surface area contributed by atoms with Gasteiger partial charge in [0.05, 0.1) is 16.8 Å². The highest BCUT2D eigenvalue weighted by Crippen LogP contribution is 2.36. The summed E-state index contributed by atoms with van der Waals surface area (Å²) in [5, 5.41) is 9.08. The highest BCUT2D eigenvalue weighted by atomic mass is 19.1. The number of carboxylic acid groups (broad SMARTS) is 1. The van der Waals surface area contributed by atoms with Gasteiger partial charge in [-0.1, -0.05) is 25.1 Å². The molecule has 0 aliphatic heterocycles. The number of H-pyrrole nitrogens is 1. The van der Waals surface area contributed by atoms with Gasteiger partial charge in [-0.05, 0) is 41.8 Å². The molecule has 5 aromatic rings. The molecule has 0 aliphatic rings. The summed E-state index contributed by atoms with van der Waals surface area (Å²) in [4.78, 5) is 18.2. The van der Waals surface area contributed by atoms with Crippen molar-refractivity contribution in [3.63, 3.8) is 0 Å². The lowest BCUT2D eigenvalue weighted by Gasteiger charge is -2.13. The Morgan fingerprint density at radius 1 is 1.08 bits per heavy atom. The summed E-state index contributed by atoms with van der Waals surface area (Å²) < 4.78 is 66.6. The van der Waals surface area contributed by atoms with Crippen LogP contribution in [0.25, 0.3) is 22.3 Å². The average molecular weight is 538 g/mol. The zero-order valence-electron chi connectivity index (χ0n) is 20.9. The van der Waals surface area contributed by atoms with E-state index in [9.17, 15) is 18.0 Å². The molecule has 2 N–H and O–H groups in total. The molecule has 0 amide bonds. The lowest BCUT2D eigenvalue weighted by Crippen LogP contribution is -2.05. The van der Waals surface area contributed by atoms with Crippen LogP contribution in [0.15, 0.2) is 60.9 Å². The molecule has 0 bridgehead atoms. The number of nitrogens with zero attached hydrogens (tertiary/aromatic N) is 2. The Kier molecular flexibility index (Phi) is 6.86. The van der Waals surface area contributed by atoms with Crippen LogP contribution < -0.4 is 4.74 Å². The number of nitrogens with one attached hydrogen (secondary N) is 1. The number of imidazole rings is 1. The standard InChI is InChI=1S/C29H23F4N3O3/c1-15(18-5-3-4-16(26(18)32)6-9-25(37)38)24-14-36(2)29(35-24)20-12-17(7-8-21(20)30)39-28-22(31)13-23-19(27(28)33)10-11-34-23/h3-5,7-8,10-15,34H,6,9H2,1-2H3,(H,37,38)/t15-/m0/s1. The molecule has 0 saturated carbocycles. The molecule has 200 valence electrons. The van der Waals surface area contributed by atoms with E-state index in [1.807, 2.05) is 0 Å². The lowest BCUT2D eigenvalue weighted by atomic mass is 9.94. The van der Waals surface area contributed by atoms with Crippen LogP contribution >= 0.6 is 0 Å². The minimum absolute atomic E-state index is 0.00568. The van der Waals surface area contributed by atoms with E-state index in [0.29, 0.717) is 11.3 Å². The zero-order chi connectivity index (χ0) is 27.8. The Bertz CT molecular complexity index is 1710. The summed E-state index contributed by atoms with van der Waals surface area (Å²) in [5.74, 6) is -4.95. The van der Waals surface area contributed by atoms with Gasteiger partial charge in [0.1, 0.15) is 23.2 Å². The van der Waals surface area contributed by atoms with Gasteiger partial charge in [-0.25, -0.2) is 22.5 Å². The number of aromatic nitrogens is 3. The fourth-order valence-corrected chi connectivity index (χ4v) is 4.54. The predicted molar refractivity (Wildman–Crippen MR) is 137 cm³/mol. The topological polar surface area (TPSA) is 80.1 Å². The molecule has 0 unspecified atom stereocenters. The molecule has 5 rings (SSSR count). The molecule has 10 heteroatoms. The van der Waals surface area contributed by atoms with Gasteiger partial charge in [0.25, 0.3) is 0 Å². The number of carboxylic acids is 1. The van der Waals surface area contributed by atoms with E-state index in [2.05, 4.69) is 9.97 Å². The molecule has 2 aromatic heterocycles. The molecule has 0 saturated heterocycles. The Balaban J connectivity index is 1.46. The van der Waals surface area contributed by atoms with Gasteiger partial charge >= 0.3 is 5.97 Å². The summed E-state index contributed by atoms with van der Waals surface area (Å²) in [7, 11) is 1.64. The van der Waals surface area contributed by atoms with Gasteiger partial charge in [-0.3, -0.25) is 4.79 Å². The maximum absolute atomic E-state index is 15.2. The monoisotopic (exact) mass is 537 g/mol. The van der Waals surface area contributed by atoms with Crippen molar-refractivity contribution in [3.05, 3.63) is 101 Å². The normalized spacial score (nSPS) is 12.2. The Hall–Kier alpha value is -4.60. The molecule has 0 radical (unpaired) electrons. The predicted octanol–water partition coefficient (Wildman–Crippen LogP) is 7.09. The number of halogens is 4. The number of aliphatic carboxylic acids is 1. The molecule has 6 nitrogen and oxygen atoms in total. The maximum Gasteiger partial charge on any atom is 0.303 e. The fourth-order valence-electron chi connectivity index (χ4n) is 4.54. The van der Waals surface area contributed by atoms with Gasteiger partial charge < -0.3 is 19.4 Å². The molecular formula is C29H23F4N3O3. The number of rotatable bonds is 8. The Morgan fingerprint density at radius 2 is 1.87 bits per heavy atom. The molecule has 39 heavy (non-hydrogen) atoms. The SMILES string of the molecule is C[C@H](c1cn(C)c(-c2cc(Oc3c(F)cc4[nH]ccc4c3F)ccc2F)n1)c1cccc(CCC(=O)O)c1F. The molecular weight excluding hydrogens is 514 g/mol. The van der Waals surface area contributed by atoms with Crippen LogP contribution in [0.4, 0.5) is 17.6 Å². The van der Waals surface area contributed by atoms with E-state index in [1.54, 1.807) is 42.9 Å². The van der Waals surface area contributed by atoms with Crippen LogP contribution in [0, 0.1) is 23.3 Å². The third kappa shape index (κ3) is 4.97. The van der Waals surface area contributed by atoms with Crippen LogP contribution in [0.1, 0.15) is 36.1 Å². The van der Waals surface area contributed by atoms with Crippen molar-refractivity contribution in [2.75, 3.05) is 0 Å². The fraction of sp³-hybridized carbons (Fsp3) is 0.172. The third-order valence-corrected chi connectivity index (χ3v) is 6.62. The maximum atomic E-state index is 15.2. The summed E-state index contributed by atoms with van der Waals surface area (Å²) in [6.07, 6.45) is 2.96. The van der Waals surface area contributed by atoms with Crippen molar-refractivity contribution in [3.8, 4) is 22.9 Å². The number of hydrogen-bond donors (Lipinski definition) is 2. The number of fused-ring (bicyclic) bond motifs is 1. The second-order valence-electron chi connectivity index (χ2n) is 9.22. The van der Waals surface area contributed by atoms with Gasteiger partial charge in [0.2, 0.25) is 0 Å². The van der Waals surface area contributed by atoms with Crippen LogP contribution in [0.2, 0.25) is 0 Å².